The molecule has 5 rings (SSSR count). The number of aromatic nitrogens is 2. The van der Waals surface area contributed by atoms with Gasteiger partial charge in [-0.2, -0.15) is 0 Å². The van der Waals surface area contributed by atoms with E-state index in [1.807, 2.05) is 12.1 Å². The van der Waals surface area contributed by atoms with Crippen LogP contribution in [-0.4, -0.2) is 51.2 Å². The van der Waals surface area contributed by atoms with Crippen LogP contribution in [0, 0.1) is 0 Å². The number of Topliss-reactive ketones (excluding diaryl/α,β-unsaturated/α-hetero) is 1. The lowest BCUT2D eigenvalue weighted by Gasteiger charge is -2.30. The Morgan fingerprint density at radius 3 is 3.00 bits per heavy atom. The summed E-state index contributed by atoms with van der Waals surface area (Å²) in [5.41, 5.74) is 7.79. The summed E-state index contributed by atoms with van der Waals surface area (Å²) >= 11 is 7.52. The highest BCUT2D eigenvalue weighted by Crippen LogP contribution is 2.33. The highest BCUT2D eigenvalue weighted by Gasteiger charge is 2.47. The van der Waals surface area contributed by atoms with Gasteiger partial charge in [-0.1, -0.05) is 18.5 Å². The van der Waals surface area contributed by atoms with Crippen molar-refractivity contribution in [1.82, 2.24) is 20.2 Å². The topological polar surface area (TPSA) is 104 Å². The third-order valence-corrected chi connectivity index (χ3v) is 8.03. The molecule has 1 fully saturated rings. The normalized spacial score (nSPS) is 22.7. The molecule has 2 aliphatic rings. The van der Waals surface area contributed by atoms with Gasteiger partial charge in [0.05, 0.1) is 17.4 Å². The molecule has 3 heterocycles. The predicted molar refractivity (Wildman–Crippen MR) is 134 cm³/mol. The molecule has 1 aliphatic heterocycles. The van der Waals surface area contributed by atoms with Crippen molar-refractivity contribution in [3.05, 3.63) is 50.6 Å². The van der Waals surface area contributed by atoms with Gasteiger partial charge in [-0.25, -0.2) is 4.98 Å². The number of hydrogen-bond donors (Lipinski definition) is 3. The Hall–Kier alpha value is -1.97. The van der Waals surface area contributed by atoms with Crippen LogP contribution in [-0.2, 0) is 13.0 Å². The smallest absolute Gasteiger partial charge is 0.280 e. The number of nitrogens with zero attached hydrogens (tertiary/aromatic N) is 2. The van der Waals surface area contributed by atoms with E-state index in [9.17, 15) is 9.59 Å². The summed E-state index contributed by atoms with van der Waals surface area (Å²) < 4.78 is 0. The zero-order chi connectivity index (χ0) is 22.5. The second-order valence-corrected chi connectivity index (χ2v) is 10.2. The molecule has 0 radical (unpaired) electrons. The summed E-state index contributed by atoms with van der Waals surface area (Å²) in [7, 11) is 0. The van der Waals surface area contributed by atoms with Crippen molar-refractivity contribution in [2.24, 2.45) is 5.73 Å². The molecule has 7 nitrogen and oxygen atoms in total. The average Bonchev–Trinajstić information content (AvgIpc) is 3.49. The van der Waals surface area contributed by atoms with Crippen LogP contribution >= 0.6 is 35.3 Å². The molecule has 1 saturated carbocycles. The number of nitrogens with two attached hydrogens (primary N) is 1. The van der Waals surface area contributed by atoms with Crippen molar-refractivity contribution in [2.75, 3.05) is 13.1 Å². The van der Waals surface area contributed by atoms with Crippen LogP contribution in [0.15, 0.2) is 24.3 Å². The van der Waals surface area contributed by atoms with Crippen molar-refractivity contribution < 1.29 is 9.59 Å². The minimum Gasteiger partial charge on any atom is -0.352 e. The molecule has 0 bridgehead atoms. The zero-order valence-corrected chi connectivity index (χ0v) is 20.7. The van der Waals surface area contributed by atoms with Crippen LogP contribution in [0.1, 0.15) is 57.0 Å². The standard InChI is InChI=1S/C23H26ClN5O2S.ClH/c1-2-29-9-7-16-18(12-29)32-22(27-16)21(31)28-19-4-3-8-23(19,25)20(30)17-11-13-10-14(24)5-6-15(13)26-17;/h5-6,10-11,19,26H,2-4,7-9,12,25H2,1H3,(H,28,31);1H. The maximum absolute atomic E-state index is 13.4. The summed E-state index contributed by atoms with van der Waals surface area (Å²) in [4.78, 5) is 37.7. The Kier molecular flexibility index (Phi) is 6.85. The van der Waals surface area contributed by atoms with E-state index in [1.165, 1.54) is 11.3 Å². The van der Waals surface area contributed by atoms with E-state index in [4.69, 9.17) is 17.3 Å². The molecule has 0 spiro atoms. The van der Waals surface area contributed by atoms with E-state index < -0.39 is 11.6 Å². The van der Waals surface area contributed by atoms with E-state index in [0.717, 1.165) is 53.9 Å². The molecule has 0 saturated heterocycles. The first-order chi connectivity index (χ1) is 15.4. The number of halogens is 2. The average molecular weight is 508 g/mol. The summed E-state index contributed by atoms with van der Waals surface area (Å²) in [6.45, 7) is 4.93. The van der Waals surface area contributed by atoms with Crippen LogP contribution in [0.25, 0.3) is 10.9 Å². The van der Waals surface area contributed by atoms with Crippen molar-refractivity contribution in [3.8, 4) is 0 Å². The number of thiazole rings is 1. The molecule has 1 aliphatic carbocycles. The lowest BCUT2D eigenvalue weighted by Crippen LogP contribution is -2.60. The first-order valence-corrected chi connectivity index (χ1v) is 12.2. The van der Waals surface area contributed by atoms with E-state index >= 15 is 0 Å². The summed E-state index contributed by atoms with van der Waals surface area (Å²) in [5.74, 6) is -0.435. The Labute approximate surface area is 207 Å². The van der Waals surface area contributed by atoms with Gasteiger partial charge in [-0.3, -0.25) is 14.5 Å². The number of carbonyl (C=O) groups excluding carboxylic acids is 2. The molecule has 4 N–H and O–H groups in total. The predicted octanol–water partition coefficient (Wildman–Crippen LogP) is 3.94. The summed E-state index contributed by atoms with van der Waals surface area (Å²) in [6, 6.07) is 6.77. The molecule has 3 aromatic rings. The molecule has 10 heteroatoms. The Morgan fingerprint density at radius 2 is 2.21 bits per heavy atom. The van der Waals surface area contributed by atoms with Crippen molar-refractivity contribution in [3.63, 3.8) is 0 Å². The van der Waals surface area contributed by atoms with Crippen LogP contribution in [0.5, 0.6) is 0 Å². The molecule has 2 unspecified atom stereocenters. The largest absolute Gasteiger partial charge is 0.352 e. The number of aromatic amines is 1. The third kappa shape index (κ3) is 4.42. The molecule has 1 amide bonds. The van der Waals surface area contributed by atoms with Gasteiger partial charge in [0.25, 0.3) is 5.91 Å². The molecule has 1 aromatic carbocycles. The molecule has 33 heavy (non-hydrogen) atoms. The van der Waals surface area contributed by atoms with Gasteiger partial charge in [-0.15, -0.1) is 23.7 Å². The third-order valence-electron chi connectivity index (χ3n) is 6.71. The fraction of sp³-hybridized carbons (Fsp3) is 0.435. The minimum absolute atomic E-state index is 0. The van der Waals surface area contributed by atoms with Crippen LogP contribution in [0.2, 0.25) is 5.02 Å². The second kappa shape index (κ2) is 9.35. The number of nitrogens with one attached hydrogen (secondary N) is 2. The maximum atomic E-state index is 13.4. The fourth-order valence-electron chi connectivity index (χ4n) is 4.82. The Bertz CT molecular complexity index is 1210. The number of ketones is 1. The van der Waals surface area contributed by atoms with Gasteiger partial charge in [0.1, 0.15) is 5.54 Å². The first-order valence-electron chi connectivity index (χ1n) is 11.0. The van der Waals surface area contributed by atoms with E-state index in [-0.39, 0.29) is 24.1 Å². The number of likely N-dealkylation sites (N-methyl/N-ethyl adjacent to an activating group) is 1. The summed E-state index contributed by atoms with van der Waals surface area (Å²) in [6.07, 6.45) is 2.82. The van der Waals surface area contributed by atoms with Crippen LogP contribution in [0.3, 0.4) is 0 Å². The van der Waals surface area contributed by atoms with Gasteiger partial charge < -0.3 is 16.0 Å². The van der Waals surface area contributed by atoms with Gasteiger partial charge in [-0.05, 0) is 50.1 Å². The number of fused-ring (bicyclic) bond motifs is 2. The number of amides is 1. The number of hydrogen-bond acceptors (Lipinski definition) is 6. The lowest BCUT2D eigenvalue weighted by molar-refractivity contribution is 0.0831. The van der Waals surface area contributed by atoms with Gasteiger partial charge in [0.15, 0.2) is 5.01 Å². The number of H-pyrrole nitrogens is 1. The highest BCUT2D eigenvalue weighted by atomic mass is 35.5. The Balaban J connectivity index is 0.00000259. The fourth-order valence-corrected chi connectivity index (χ4v) is 6.05. The second-order valence-electron chi connectivity index (χ2n) is 8.71. The minimum atomic E-state index is -1.16. The number of rotatable bonds is 5. The van der Waals surface area contributed by atoms with Gasteiger partial charge in [0, 0.05) is 40.3 Å². The zero-order valence-electron chi connectivity index (χ0n) is 18.3. The van der Waals surface area contributed by atoms with Gasteiger partial charge >= 0.3 is 0 Å². The number of benzene rings is 1. The van der Waals surface area contributed by atoms with Crippen LogP contribution < -0.4 is 11.1 Å². The van der Waals surface area contributed by atoms with Crippen molar-refractivity contribution in [2.45, 2.75) is 50.7 Å². The quantitative estimate of drug-likeness (QED) is 0.453. The first kappa shape index (κ1) is 24.2. The molecule has 2 atom stereocenters. The van der Waals surface area contributed by atoms with E-state index in [0.29, 0.717) is 28.6 Å². The van der Waals surface area contributed by atoms with E-state index in [1.54, 1.807) is 12.1 Å². The molecule has 176 valence electrons. The summed E-state index contributed by atoms with van der Waals surface area (Å²) in [5, 5.41) is 4.95. The molecular weight excluding hydrogens is 481 g/mol. The van der Waals surface area contributed by atoms with Crippen molar-refractivity contribution in [1.29, 1.82) is 0 Å². The monoisotopic (exact) mass is 507 g/mol. The van der Waals surface area contributed by atoms with E-state index in [2.05, 4.69) is 27.1 Å². The maximum Gasteiger partial charge on any atom is 0.280 e. The number of carbonyl (C=O) groups is 2. The van der Waals surface area contributed by atoms with Gasteiger partial charge in [0.2, 0.25) is 5.78 Å². The SMILES string of the molecule is CCN1CCc2nc(C(=O)NC3CCCC3(N)C(=O)c3cc4cc(Cl)ccc4[nH]3)sc2C1.Cl. The van der Waals surface area contributed by atoms with Crippen molar-refractivity contribution >= 4 is 57.9 Å². The van der Waals surface area contributed by atoms with Crippen LogP contribution in [0.4, 0.5) is 0 Å². The highest BCUT2D eigenvalue weighted by molar-refractivity contribution is 7.13. The Morgan fingerprint density at radius 1 is 1.39 bits per heavy atom. The molecular formula is C23H27Cl2N5O2S. The molecule has 2 aromatic heterocycles. The lowest BCUT2D eigenvalue weighted by atomic mass is 9.87.